The van der Waals surface area contributed by atoms with Gasteiger partial charge in [-0.05, 0) is 30.3 Å². The Morgan fingerprint density at radius 2 is 1.75 bits per heavy atom. The molecule has 2 fully saturated rings. The average molecular weight is 466 g/mol. The molecule has 2 unspecified atom stereocenters. The smallest absolute Gasteiger partial charge is 0.221 e. The summed E-state index contributed by atoms with van der Waals surface area (Å²) in [5.74, 6) is 0.869. The van der Waals surface area contributed by atoms with E-state index >= 15 is 0 Å². The Labute approximate surface area is 188 Å². The second kappa shape index (κ2) is 9.22. The Hall–Kier alpha value is -2.40. The van der Waals surface area contributed by atoms with E-state index in [-0.39, 0.29) is 25.5 Å². The zero-order valence-corrected chi connectivity index (χ0v) is 19.2. The average Bonchev–Trinajstić information content (AvgIpc) is 3.21. The third-order valence-corrected chi connectivity index (χ3v) is 8.36. The van der Waals surface area contributed by atoms with Crippen molar-refractivity contribution in [1.29, 1.82) is 0 Å². The third-order valence-electron chi connectivity index (χ3n) is 6.12. The predicted molar refractivity (Wildman–Crippen MR) is 119 cm³/mol. The molecule has 2 saturated heterocycles. The molecular formula is C22H28FN3O5S. The lowest BCUT2D eigenvalue weighted by Crippen LogP contribution is -2.52. The number of rotatable bonds is 6. The first-order valence-corrected chi connectivity index (χ1v) is 11.9. The van der Waals surface area contributed by atoms with Crippen molar-refractivity contribution in [1.82, 2.24) is 9.37 Å². The highest BCUT2D eigenvalue weighted by Crippen LogP contribution is 2.41. The summed E-state index contributed by atoms with van der Waals surface area (Å²) in [5.41, 5.74) is 1.18. The highest BCUT2D eigenvalue weighted by molar-refractivity contribution is 7.89. The molecule has 2 atom stereocenters. The number of benzene rings is 2. The summed E-state index contributed by atoms with van der Waals surface area (Å²) in [6, 6.07) is 11.3. The lowest BCUT2D eigenvalue weighted by molar-refractivity contribution is -0.110. The van der Waals surface area contributed by atoms with E-state index in [2.05, 4.69) is 0 Å². The van der Waals surface area contributed by atoms with Crippen LogP contribution in [-0.2, 0) is 14.9 Å². The van der Waals surface area contributed by atoms with Crippen molar-refractivity contribution >= 4 is 15.7 Å². The zero-order chi connectivity index (χ0) is 22.9. The standard InChI is InChI=1S/C22H28FN3O5S/c1-24-22(17-14-16(29-2)8-9-20(17)30-3)21(15-31-24)32(27,28)26-12-10-25(11-13-26)19-7-5-4-6-18(19)23/h4-9,14,21-22H,10-13,15H2,1-3H3. The van der Waals surface area contributed by atoms with Gasteiger partial charge >= 0.3 is 0 Å². The predicted octanol–water partition coefficient (Wildman–Crippen LogP) is 2.28. The molecule has 32 heavy (non-hydrogen) atoms. The van der Waals surface area contributed by atoms with Crippen LogP contribution in [0.2, 0.25) is 0 Å². The van der Waals surface area contributed by atoms with Crippen LogP contribution in [0.1, 0.15) is 11.6 Å². The number of sulfonamides is 1. The largest absolute Gasteiger partial charge is 0.497 e. The van der Waals surface area contributed by atoms with Gasteiger partial charge in [0.25, 0.3) is 0 Å². The molecule has 0 aromatic heterocycles. The number of hydrogen-bond acceptors (Lipinski definition) is 7. The van der Waals surface area contributed by atoms with Crippen LogP contribution in [0.15, 0.2) is 42.5 Å². The van der Waals surface area contributed by atoms with E-state index < -0.39 is 21.3 Å². The highest BCUT2D eigenvalue weighted by atomic mass is 32.2. The number of anilines is 1. The summed E-state index contributed by atoms with van der Waals surface area (Å²) < 4.78 is 53.7. The van der Waals surface area contributed by atoms with E-state index in [1.807, 2.05) is 4.90 Å². The van der Waals surface area contributed by atoms with Crippen LogP contribution in [0.4, 0.5) is 10.1 Å². The molecule has 0 amide bonds. The molecular weight excluding hydrogens is 437 g/mol. The molecule has 4 rings (SSSR count). The normalized spacial score (nSPS) is 22.8. The van der Waals surface area contributed by atoms with Gasteiger partial charge in [0.05, 0.1) is 32.6 Å². The minimum atomic E-state index is -3.70. The summed E-state index contributed by atoms with van der Waals surface area (Å²) >= 11 is 0. The minimum absolute atomic E-state index is 0.0391. The van der Waals surface area contributed by atoms with Crippen LogP contribution in [0, 0.1) is 5.82 Å². The summed E-state index contributed by atoms with van der Waals surface area (Å²) in [6.45, 7) is 1.42. The summed E-state index contributed by atoms with van der Waals surface area (Å²) in [4.78, 5) is 7.54. The van der Waals surface area contributed by atoms with E-state index in [1.165, 1.54) is 10.4 Å². The van der Waals surface area contributed by atoms with Crippen LogP contribution < -0.4 is 14.4 Å². The molecule has 0 bridgehead atoms. The van der Waals surface area contributed by atoms with E-state index in [0.717, 1.165) is 0 Å². The van der Waals surface area contributed by atoms with Crippen molar-refractivity contribution in [3.05, 3.63) is 53.8 Å². The van der Waals surface area contributed by atoms with Crippen LogP contribution in [0.5, 0.6) is 11.5 Å². The highest BCUT2D eigenvalue weighted by Gasteiger charge is 2.47. The third kappa shape index (κ3) is 4.15. The van der Waals surface area contributed by atoms with Gasteiger partial charge in [-0.1, -0.05) is 12.1 Å². The van der Waals surface area contributed by atoms with Crippen LogP contribution in [0.3, 0.4) is 0 Å². The number of piperazine rings is 1. The first-order chi connectivity index (χ1) is 15.4. The van der Waals surface area contributed by atoms with Gasteiger partial charge < -0.3 is 14.4 Å². The quantitative estimate of drug-likeness (QED) is 0.648. The molecule has 174 valence electrons. The molecule has 2 aliphatic heterocycles. The topological polar surface area (TPSA) is 71.5 Å². The molecule has 2 aliphatic rings. The number of nitrogens with zero attached hydrogens (tertiary/aromatic N) is 3. The van der Waals surface area contributed by atoms with Gasteiger partial charge in [0.2, 0.25) is 10.0 Å². The van der Waals surface area contributed by atoms with E-state index in [4.69, 9.17) is 14.3 Å². The number of hydrogen-bond donors (Lipinski definition) is 0. The van der Waals surface area contributed by atoms with Crippen molar-refractivity contribution in [2.24, 2.45) is 0 Å². The molecule has 0 saturated carbocycles. The minimum Gasteiger partial charge on any atom is -0.497 e. The number of para-hydroxylation sites is 1. The molecule has 2 heterocycles. The molecule has 0 spiro atoms. The van der Waals surface area contributed by atoms with Crippen molar-refractivity contribution in [2.45, 2.75) is 11.3 Å². The summed E-state index contributed by atoms with van der Waals surface area (Å²) in [7, 11) is 1.12. The summed E-state index contributed by atoms with van der Waals surface area (Å²) in [5, 5.41) is 0.753. The Bertz CT molecular complexity index is 1060. The van der Waals surface area contributed by atoms with Gasteiger partial charge in [-0.2, -0.15) is 9.37 Å². The van der Waals surface area contributed by atoms with E-state index in [0.29, 0.717) is 35.8 Å². The van der Waals surface area contributed by atoms with Gasteiger partial charge in [-0.25, -0.2) is 12.8 Å². The molecule has 8 nitrogen and oxygen atoms in total. The second-order valence-corrected chi connectivity index (χ2v) is 9.97. The van der Waals surface area contributed by atoms with Crippen molar-refractivity contribution in [3.8, 4) is 11.5 Å². The number of halogens is 1. The Morgan fingerprint density at radius 3 is 2.41 bits per heavy atom. The zero-order valence-electron chi connectivity index (χ0n) is 18.4. The number of ether oxygens (including phenoxy) is 2. The monoisotopic (exact) mass is 465 g/mol. The summed E-state index contributed by atoms with van der Waals surface area (Å²) in [6.07, 6.45) is 0. The van der Waals surface area contributed by atoms with Gasteiger partial charge in [0, 0.05) is 38.8 Å². The fourth-order valence-corrected chi connectivity index (χ4v) is 6.33. The Morgan fingerprint density at radius 1 is 1.03 bits per heavy atom. The maximum absolute atomic E-state index is 14.1. The van der Waals surface area contributed by atoms with Crippen LogP contribution in [0.25, 0.3) is 0 Å². The molecule has 2 aromatic rings. The first kappa shape index (κ1) is 22.8. The van der Waals surface area contributed by atoms with Crippen LogP contribution >= 0.6 is 0 Å². The van der Waals surface area contributed by atoms with Crippen molar-refractivity contribution in [2.75, 3.05) is 59.0 Å². The number of methoxy groups -OCH3 is 2. The van der Waals surface area contributed by atoms with Gasteiger partial charge in [-0.15, -0.1) is 0 Å². The number of hydroxylamine groups is 2. The molecule has 10 heteroatoms. The van der Waals surface area contributed by atoms with Gasteiger partial charge in [0.1, 0.15) is 22.6 Å². The van der Waals surface area contributed by atoms with Crippen molar-refractivity contribution in [3.63, 3.8) is 0 Å². The maximum atomic E-state index is 14.1. The molecule has 2 aromatic carbocycles. The van der Waals surface area contributed by atoms with Crippen LogP contribution in [-0.4, -0.2) is 77.1 Å². The van der Waals surface area contributed by atoms with Crippen molar-refractivity contribution < 1.29 is 27.1 Å². The molecule has 0 N–H and O–H groups in total. The van der Waals surface area contributed by atoms with Gasteiger partial charge in [0.15, 0.2) is 0 Å². The fraction of sp³-hybridized carbons (Fsp3) is 0.455. The molecule has 0 radical (unpaired) electrons. The first-order valence-electron chi connectivity index (χ1n) is 10.4. The van der Waals surface area contributed by atoms with E-state index in [1.54, 1.807) is 62.7 Å². The maximum Gasteiger partial charge on any atom is 0.221 e. The lowest BCUT2D eigenvalue weighted by atomic mass is 10.0. The van der Waals surface area contributed by atoms with Gasteiger partial charge in [-0.3, -0.25) is 4.84 Å². The SMILES string of the molecule is COc1ccc(OC)c(C2C(S(=O)(=O)N3CCN(c4ccccc4F)CC3)CON2C)c1. The Kier molecular flexibility index (Phi) is 6.57. The second-order valence-electron chi connectivity index (χ2n) is 7.82. The lowest BCUT2D eigenvalue weighted by Gasteiger charge is -2.37. The Balaban J connectivity index is 1.57. The molecule has 0 aliphatic carbocycles. The van der Waals surface area contributed by atoms with E-state index in [9.17, 15) is 12.8 Å². The fourth-order valence-electron chi connectivity index (χ4n) is 4.40.